The fraction of sp³-hybridized carbons (Fsp3) is 0.300. The summed E-state index contributed by atoms with van der Waals surface area (Å²) in [5, 5.41) is 7.86. The van der Waals surface area contributed by atoms with E-state index in [4.69, 9.17) is 23.2 Å². The van der Waals surface area contributed by atoms with Crippen LogP contribution in [0.25, 0.3) is 0 Å². The first-order chi connectivity index (χ1) is 9.51. The molecule has 1 aromatic rings. The summed E-state index contributed by atoms with van der Waals surface area (Å²) in [6, 6.07) is 1.52. The summed E-state index contributed by atoms with van der Waals surface area (Å²) >= 11 is 11.4. The van der Waals surface area contributed by atoms with Gasteiger partial charge in [-0.15, -0.1) is 23.2 Å². The van der Waals surface area contributed by atoms with Crippen LogP contribution in [0.1, 0.15) is 0 Å². The molecule has 0 fully saturated rings. The van der Waals surface area contributed by atoms with Crippen molar-refractivity contribution in [2.24, 2.45) is 0 Å². The molecule has 0 saturated carbocycles. The second-order valence-electron chi connectivity index (χ2n) is 3.43. The summed E-state index contributed by atoms with van der Waals surface area (Å²) in [4.78, 5) is 37.9. The number of nitrogens with zero attached hydrogens (tertiary/aromatic N) is 1. The van der Waals surface area contributed by atoms with Crippen molar-refractivity contribution < 1.29 is 19.5 Å². The topological polar surface area (TPSA) is 102 Å². The summed E-state index contributed by atoms with van der Waals surface area (Å²) in [5.41, 5.74) is 0.329. The highest BCUT2D eigenvalue weighted by molar-refractivity contribution is 7.99. The monoisotopic (exact) mass is 339 g/mol. The molecular formula is C10H11Cl2N3O4S. The molecule has 1 heterocycles. The van der Waals surface area contributed by atoms with E-state index >= 15 is 0 Å². The Labute approximate surface area is 128 Å². The van der Waals surface area contributed by atoms with Crippen molar-refractivity contribution in [3.8, 4) is 0 Å². The number of aromatic amines is 1. The molecule has 0 saturated heterocycles. The molecule has 110 valence electrons. The molecule has 20 heavy (non-hydrogen) atoms. The molecule has 2 amide bonds. The number of nitrogens with one attached hydrogen (secondary N) is 2. The highest BCUT2D eigenvalue weighted by Gasteiger charge is 2.32. The first kappa shape index (κ1) is 16.7. The van der Waals surface area contributed by atoms with Crippen LogP contribution in [-0.2, 0) is 14.4 Å². The predicted octanol–water partition coefficient (Wildman–Crippen LogP) is 1.00. The molecule has 0 spiro atoms. The third-order valence-electron chi connectivity index (χ3n) is 2.09. The van der Waals surface area contributed by atoms with Crippen molar-refractivity contribution in [3.05, 3.63) is 18.5 Å². The van der Waals surface area contributed by atoms with E-state index in [9.17, 15) is 19.5 Å². The number of carbonyl (C=O) groups excluding carboxylic acids is 2. The number of hydrogen-bond donors (Lipinski definition) is 3. The summed E-state index contributed by atoms with van der Waals surface area (Å²) < 4.78 is 2.25. The maximum absolute atomic E-state index is 11.8. The minimum atomic E-state index is -1.36. The van der Waals surface area contributed by atoms with Crippen LogP contribution in [0.2, 0.25) is 0 Å². The normalized spacial score (nSPS) is 11.7. The van der Waals surface area contributed by atoms with Gasteiger partial charge in [0.25, 0.3) is 0 Å². The van der Waals surface area contributed by atoms with Gasteiger partial charge >= 0.3 is 5.97 Å². The smallest absolute Gasteiger partial charge is 0.339 e. The lowest BCUT2D eigenvalue weighted by atomic mass is 10.4. The molecule has 3 N–H and O–H groups in total. The van der Waals surface area contributed by atoms with Gasteiger partial charge in [0.2, 0.25) is 11.8 Å². The first-order valence-corrected chi connectivity index (χ1v) is 7.20. The number of carbonyl (C=O) groups is 3. The number of halogens is 2. The molecule has 1 aromatic heterocycles. The lowest BCUT2D eigenvalue weighted by Gasteiger charge is -2.26. The zero-order valence-electron chi connectivity index (χ0n) is 10.0. The number of anilines is 1. The van der Waals surface area contributed by atoms with E-state index in [1.54, 1.807) is 0 Å². The Bertz CT molecular complexity index is 483. The summed E-state index contributed by atoms with van der Waals surface area (Å²) in [6.07, 6.45) is 2.98. The molecule has 1 unspecified atom stereocenters. The van der Waals surface area contributed by atoms with Crippen molar-refractivity contribution in [1.29, 1.82) is 0 Å². The molecule has 1 rings (SSSR count). The fourth-order valence-electron chi connectivity index (χ4n) is 1.30. The van der Waals surface area contributed by atoms with Crippen LogP contribution in [0.4, 0.5) is 5.69 Å². The summed E-state index contributed by atoms with van der Waals surface area (Å²) in [6.45, 7) is 0. The Morgan fingerprint density at radius 2 is 2.10 bits per heavy atom. The van der Waals surface area contributed by atoms with E-state index in [2.05, 4.69) is 9.71 Å². The van der Waals surface area contributed by atoms with Crippen molar-refractivity contribution in [3.63, 3.8) is 0 Å². The molecule has 0 radical (unpaired) electrons. The van der Waals surface area contributed by atoms with Gasteiger partial charge in [0, 0.05) is 12.4 Å². The van der Waals surface area contributed by atoms with Gasteiger partial charge in [0.1, 0.15) is 11.8 Å². The van der Waals surface area contributed by atoms with Crippen molar-refractivity contribution in [1.82, 2.24) is 9.71 Å². The number of carboxylic acid groups (broad SMARTS) is 1. The van der Waals surface area contributed by atoms with Gasteiger partial charge in [-0.1, -0.05) is 0 Å². The largest absolute Gasteiger partial charge is 0.479 e. The molecule has 0 bridgehead atoms. The van der Waals surface area contributed by atoms with Crippen molar-refractivity contribution >= 4 is 58.6 Å². The Morgan fingerprint density at radius 1 is 1.40 bits per heavy atom. The SMILES string of the molecule is O=C(CCl)NSC(C(=O)O)N(C(=O)CCl)c1cc[nH]c1. The number of aromatic nitrogens is 1. The van der Waals surface area contributed by atoms with E-state index in [0.717, 1.165) is 4.90 Å². The number of aliphatic carboxylic acids is 1. The Balaban J connectivity index is 2.97. The second kappa shape index (κ2) is 8.03. The highest BCUT2D eigenvalue weighted by atomic mass is 35.5. The number of rotatable bonds is 7. The molecule has 7 nitrogen and oxygen atoms in total. The summed E-state index contributed by atoms with van der Waals surface area (Å²) in [5.74, 6) is -3.17. The molecule has 1 atom stereocenters. The number of H-pyrrole nitrogens is 1. The second-order valence-corrected chi connectivity index (χ2v) is 4.85. The fourth-order valence-corrected chi connectivity index (χ4v) is 2.34. The van der Waals surface area contributed by atoms with Crippen LogP contribution in [0.15, 0.2) is 18.5 Å². The van der Waals surface area contributed by atoms with Crippen LogP contribution in [0, 0.1) is 0 Å². The zero-order chi connectivity index (χ0) is 15.1. The molecule has 0 aliphatic rings. The Hall–Kier alpha value is -1.38. The van der Waals surface area contributed by atoms with Crippen LogP contribution < -0.4 is 9.62 Å². The summed E-state index contributed by atoms with van der Waals surface area (Å²) in [7, 11) is 0. The minimum absolute atomic E-state index is 0.313. The lowest BCUT2D eigenvalue weighted by Crippen LogP contribution is -2.45. The van der Waals surface area contributed by atoms with E-state index in [-0.39, 0.29) is 11.8 Å². The lowest BCUT2D eigenvalue weighted by molar-refractivity contribution is -0.137. The van der Waals surface area contributed by atoms with Gasteiger partial charge in [-0.05, 0) is 18.0 Å². The first-order valence-electron chi connectivity index (χ1n) is 5.25. The van der Waals surface area contributed by atoms with Crippen molar-refractivity contribution in [2.45, 2.75) is 5.37 Å². The quantitative estimate of drug-likeness (QED) is 0.390. The molecule has 10 heteroatoms. The standard InChI is InChI=1S/C10H11Cl2N3O4S/c11-3-7(16)14-20-9(10(18)19)15(8(17)4-12)6-1-2-13-5-6/h1-2,5,9,13H,3-4H2,(H,14,16)(H,18,19). The van der Waals surface area contributed by atoms with Crippen LogP contribution >= 0.6 is 35.1 Å². The molecular weight excluding hydrogens is 329 g/mol. The van der Waals surface area contributed by atoms with E-state index in [1.165, 1.54) is 18.5 Å². The maximum Gasteiger partial charge on any atom is 0.339 e. The van der Waals surface area contributed by atoms with E-state index < -0.39 is 23.2 Å². The predicted molar refractivity (Wildman–Crippen MR) is 76.9 cm³/mol. The van der Waals surface area contributed by atoms with Crippen molar-refractivity contribution in [2.75, 3.05) is 16.7 Å². The van der Waals surface area contributed by atoms with Gasteiger partial charge in [-0.2, -0.15) is 0 Å². The van der Waals surface area contributed by atoms with Gasteiger partial charge in [0.15, 0.2) is 5.37 Å². The van der Waals surface area contributed by atoms with Gasteiger partial charge < -0.3 is 10.1 Å². The van der Waals surface area contributed by atoms with E-state index in [0.29, 0.717) is 17.6 Å². The number of hydrogen-bond acceptors (Lipinski definition) is 4. The minimum Gasteiger partial charge on any atom is -0.479 e. The third kappa shape index (κ3) is 4.32. The average molecular weight is 340 g/mol. The Kier molecular flexibility index (Phi) is 6.69. The molecule has 0 aliphatic carbocycles. The number of amides is 2. The molecule has 0 aliphatic heterocycles. The van der Waals surface area contributed by atoms with Crippen LogP contribution in [-0.4, -0.2) is 45.0 Å². The maximum atomic E-state index is 11.8. The third-order valence-corrected chi connectivity index (χ3v) is 3.55. The van der Waals surface area contributed by atoms with Crippen LogP contribution in [0.3, 0.4) is 0 Å². The van der Waals surface area contributed by atoms with Gasteiger partial charge in [0.05, 0.1) is 5.69 Å². The van der Waals surface area contributed by atoms with Gasteiger partial charge in [-0.3, -0.25) is 19.2 Å². The number of alkyl halides is 2. The zero-order valence-corrected chi connectivity index (χ0v) is 12.3. The van der Waals surface area contributed by atoms with Crippen LogP contribution in [0.5, 0.6) is 0 Å². The average Bonchev–Trinajstić information content (AvgIpc) is 2.95. The Morgan fingerprint density at radius 3 is 2.55 bits per heavy atom. The molecule has 0 aromatic carbocycles. The highest BCUT2D eigenvalue weighted by Crippen LogP contribution is 2.22. The van der Waals surface area contributed by atoms with Gasteiger partial charge in [-0.25, -0.2) is 4.79 Å². The van der Waals surface area contributed by atoms with E-state index in [1.807, 2.05) is 0 Å². The number of carboxylic acids is 1.